The lowest BCUT2D eigenvalue weighted by Gasteiger charge is -2.23. The predicted molar refractivity (Wildman–Crippen MR) is 124 cm³/mol. The summed E-state index contributed by atoms with van der Waals surface area (Å²) in [6.45, 7) is 10.5. The van der Waals surface area contributed by atoms with E-state index in [1.54, 1.807) is 71.2 Å². The molecule has 1 aromatic carbocycles. The maximum absolute atomic E-state index is 12.4. The van der Waals surface area contributed by atoms with Crippen molar-refractivity contribution in [3.63, 3.8) is 0 Å². The first kappa shape index (κ1) is 26.6. The maximum Gasteiger partial charge on any atom is 0.408 e. The van der Waals surface area contributed by atoms with E-state index >= 15 is 0 Å². The Morgan fingerprint density at radius 3 is 2.27 bits per heavy atom. The Labute approximate surface area is 198 Å². The van der Waals surface area contributed by atoms with Crippen molar-refractivity contribution in [2.45, 2.75) is 59.6 Å². The SMILES string of the molecule is CC(C)(C)OC(=O)N[C@@H](Cc1ccc(NO[SH](=O)=O)cc1)c1csc(OC(=O)C(C)(C)C)n1. The van der Waals surface area contributed by atoms with Crippen LogP contribution in [0.3, 0.4) is 0 Å². The zero-order valence-electron chi connectivity index (χ0n) is 19.3. The van der Waals surface area contributed by atoms with Crippen LogP contribution in [0.2, 0.25) is 0 Å². The van der Waals surface area contributed by atoms with Crippen molar-refractivity contribution in [2.75, 3.05) is 5.48 Å². The van der Waals surface area contributed by atoms with E-state index < -0.39 is 40.1 Å². The number of amides is 1. The summed E-state index contributed by atoms with van der Waals surface area (Å²) in [6.07, 6.45) is -0.258. The number of hydrogen-bond donors (Lipinski definition) is 3. The molecular weight excluding hydrogens is 470 g/mol. The summed E-state index contributed by atoms with van der Waals surface area (Å²) < 4.78 is 36.1. The number of esters is 1. The normalized spacial score (nSPS) is 12.8. The molecule has 2 aromatic rings. The number of hydrogen-bond acceptors (Lipinski definition) is 10. The topological polar surface area (TPSA) is 133 Å². The first-order valence-electron chi connectivity index (χ1n) is 10.1. The fourth-order valence-electron chi connectivity index (χ4n) is 2.42. The van der Waals surface area contributed by atoms with Crippen LogP contribution in [0.15, 0.2) is 29.6 Å². The lowest BCUT2D eigenvalue weighted by atomic mass is 9.98. The summed E-state index contributed by atoms with van der Waals surface area (Å²) in [4.78, 5) is 29.0. The van der Waals surface area contributed by atoms with Crippen LogP contribution in [0, 0.1) is 5.41 Å². The zero-order chi connectivity index (χ0) is 24.8. The molecular formula is C21H29N3O7S2. The highest BCUT2D eigenvalue weighted by molar-refractivity contribution is 7.67. The molecule has 182 valence electrons. The summed E-state index contributed by atoms with van der Waals surface area (Å²) in [6, 6.07) is 6.21. The van der Waals surface area contributed by atoms with Crippen molar-refractivity contribution in [2.24, 2.45) is 5.41 Å². The summed E-state index contributed by atoms with van der Waals surface area (Å²) in [5.41, 5.74) is 2.72. The van der Waals surface area contributed by atoms with E-state index in [9.17, 15) is 18.0 Å². The molecule has 1 atom stereocenters. The molecule has 1 amide bonds. The monoisotopic (exact) mass is 499 g/mol. The number of benzene rings is 1. The van der Waals surface area contributed by atoms with Crippen molar-refractivity contribution < 1.29 is 31.8 Å². The van der Waals surface area contributed by atoms with Gasteiger partial charge in [-0.25, -0.2) is 23.7 Å². The Morgan fingerprint density at radius 2 is 1.73 bits per heavy atom. The largest absolute Gasteiger partial charge is 0.444 e. The van der Waals surface area contributed by atoms with Gasteiger partial charge >= 0.3 is 12.1 Å². The van der Waals surface area contributed by atoms with Crippen LogP contribution in [0.25, 0.3) is 0 Å². The van der Waals surface area contributed by atoms with Crippen LogP contribution >= 0.6 is 11.3 Å². The molecule has 10 nitrogen and oxygen atoms in total. The minimum atomic E-state index is -3.02. The molecule has 0 bridgehead atoms. The molecule has 0 fully saturated rings. The second-order valence-corrected chi connectivity index (χ2v) is 10.6. The Kier molecular flexibility index (Phi) is 8.81. The summed E-state index contributed by atoms with van der Waals surface area (Å²) in [5.74, 6) is -0.412. The molecule has 0 saturated carbocycles. The fourth-order valence-corrected chi connectivity index (χ4v) is 3.32. The number of carbonyl (C=O) groups is 2. The van der Waals surface area contributed by atoms with Gasteiger partial charge in [-0.1, -0.05) is 23.5 Å². The lowest BCUT2D eigenvalue weighted by Crippen LogP contribution is -2.36. The molecule has 2 N–H and O–H groups in total. The summed E-state index contributed by atoms with van der Waals surface area (Å²) in [5, 5.41) is 4.71. The van der Waals surface area contributed by atoms with Crippen molar-refractivity contribution in [1.82, 2.24) is 10.3 Å². The fraction of sp³-hybridized carbons (Fsp3) is 0.476. The molecule has 1 heterocycles. The van der Waals surface area contributed by atoms with Gasteiger partial charge in [0.15, 0.2) is 0 Å². The third-order valence-corrected chi connectivity index (χ3v) is 4.95. The Balaban J connectivity index is 2.20. The molecule has 12 heteroatoms. The maximum atomic E-state index is 12.4. The van der Waals surface area contributed by atoms with Gasteiger partial charge < -0.3 is 14.8 Å². The third kappa shape index (κ3) is 9.36. The molecule has 2 rings (SSSR count). The van der Waals surface area contributed by atoms with Gasteiger partial charge in [-0.05, 0) is 65.7 Å². The number of alkyl carbamates (subject to hydrolysis) is 1. The molecule has 0 aliphatic rings. The van der Waals surface area contributed by atoms with E-state index in [-0.39, 0.29) is 5.19 Å². The number of thiazole rings is 1. The molecule has 33 heavy (non-hydrogen) atoms. The smallest absolute Gasteiger partial charge is 0.408 e. The lowest BCUT2D eigenvalue weighted by molar-refractivity contribution is -0.143. The zero-order valence-corrected chi connectivity index (χ0v) is 21.0. The van der Waals surface area contributed by atoms with Crippen LogP contribution in [-0.2, 0) is 31.2 Å². The van der Waals surface area contributed by atoms with Crippen LogP contribution in [0.1, 0.15) is 58.8 Å². The minimum absolute atomic E-state index is 0.185. The molecule has 0 radical (unpaired) electrons. The molecule has 0 aliphatic carbocycles. The Morgan fingerprint density at radius 1 is 1.09 bits per heavy atom. The van der Waals surface area contributed by atoms with Crippen LogP contribution < -0.4 is 15.5 Å². The number of rotatable bonds is 8. The number of carbonyl (C=O) groups excluding carboxylic acids is 2. The molecule has 1 aromatic heterocycles. The van der Waals surface area contributed by atoms with Crippen molar-refractivity contribution >= 4 is 40.1 Å². The average Bonchev–Trinajstić information content (AvgIpc) is 3.13. The highest BCUT2D eigenvalue weighted by Gasteiger charge is 2.27. The second-order valence-electron chi connectivity index (χ2n) is 9.19. The van der Waals surface area contributed by atoms with Crippen LogP contribution in [-0.4, -0.2) is 31.1 Å². The standard InChI is InChI=1S/C21H29N3O7S2/c1-20(2,3)17(25)29-19-23-16(12-32-19)15(22-18(26)30-21(4,5)6)11-13-7-9-14(10-8-13)24-31-33(27)28/h7-10,12,15,24,33H,11H2,1-6H3,(H,22,26)/t15-/m0/s1. The Bertz CT molecular complexity index is 1030. The van der Waals surface area contributed by atoms with Crippen molar-refractivity contribution in [3.8, 4) is 5.19 Å². The van der Waals surface area contributed by atoms with E-state index in [1.165, 1.54) is 0 Å². The van der Waals surface area contributed by atoms with Gasteiger partial charge in [-0.3, -0.25) is 4.79 Å². The van der Waals surface area contributed by atoms with Crippen LogP contribution in [0.4, 0.5) is 10.5 Å². The first-order chi connectivity index (χ1) is 15.2. The average molecular weight is 500 g/mol. The number of nitrogens with one attached hydrogen (secondary N) is 2. The van der Waals surface area contributed by atoms with Crippen LogP contribution in [0.5, 0.6) is 5.19 Å². The second kappa shape index (κ2) is 10.9. The van der Waals surface area contributed by atoms with Gasteiger partial charge in [0.1, 0.15) is 5.60 Å². The summed E-state index contributed by atoms with van der Waals surface area (Å²) in [7, 11) is -3.02. The third-order valence-electron chi connectivity index (χ3n) is 3.97. The quantitative estimate of drug-likeness (QED) is 0.282. The van der Waals surface area contributed by atoms with Crippen molar-refractivity contribution in [1.29, 1.82) is 0 Å². The minimum Gasteiger partial charge on any atom is -0.444 e. The molecule has 0 spiro atoms. The van der Waals surface area contributed by atoms with Gasteiger partial charge in [-0.15, -0.1) is 0 Å². The van der Waals surface area contributed by atoms with E-state index in [4.69, 9.17) is 9.47 Å². The Hall–Kier alpha value is -2.70. The van der Waals surface area contributed by atoms with E-state index in [1.807, 2.05) is 0 Å². The number of aromatic nitrogens is 1. The molecule has 0 saturated heterocycles. The predicted octanol–water partition coefficient (Wildman–Crippen LogP) is 3.77. The summed E-state index contributed by atoms with van der Waals surface area (Å²) >= 11 is 1.15. The van der Waals surface area contributed by atoms with E-state index in [0.29, 0.717) is 17.8 Å². The van der Waals surface area contributed by atoms with E-state index in [2.05, 4.69) is 20.1 Å². The van der Waals surface area contributed by atoms with E-state index in [0.717, 1.165) is 16.9 Å². The number of ether oxygens (including phenoxy) is 2. The number of anilines is 1. The highest BCUT2D eigenvalue weighted by Crippen LogP contribution is 2.28. The number of thiol groups is 1. The number of nitrogens with zero attached hydrogens (tertiary/aromatic N) is 1. The van der Waals surface area contributed by atoms with Gasteiger partial charge in [-0.2, -0.15) is 4.28 Å². The molecule has 0 aliphatic heterocycles. The van der Waals surface area contributed by atoms with Gasteiger partial charge in [0.25, 0.3) is 16.2 Å². The van der Waals surface area contributed by atoms with Gasteiger partial charge in [0.2, 0.25) is 0 Å². The van der Waals surface area contributed by atoms with Crippen molar-refractivity contribution in [3.05, 3.63) is 40.9 Å². The molecule has 0 unspecified atom stereocenters. The first-order valence-corrected chi connectivity index (χ1v) is 12.0. The van der Waals surface area contributed by atoms with Gasteiger partial charge in [0.05, 0.1) is 22.8 Å². The highest BCUT2D eigenvalue weighted by atomic mass is 32.2. The van der Waals surface area contributed by atoms with Gasteiger partial charge in [0, 0.05) is 5.38 Å².